The van der Waals surface area contributed by atoms with E-state index >= 15 is 0 Å². The smallest absolute Gasteiger partial charge is 0.293 e. The number of hydrogen-bond acceptors (Lipinski definition) is 4. The molecule has 1 fully saturated rings. The molecular weight excluding hydrogens is 321 g/mol. The summed E-state index contributed by atoms with van der Waals surface area (Å²) in [6.07, 6.45) is 0. The normalized spacial score (nSPS) is 21.0. The maximum atomic E-state index is 14.2. The largest absolute Gasteiger partial charge is 0.330 e. The number of halogens is 1. The Kier molecular flexibility index (Phi) is 4.85. The molecule has 1 N–H and O–H groups in total. The first-order valence-electron chi connectivity index (χ1n) is 8.66. The average Bonchev–Trinajstić information content (AvgIpc) is 3.02. The monoisotopic (exact) mass is 345 g/mol. The Balaban J connectivity index is 2.00. The Labute approximate surface area is 147 Å². The molecule has 2 unspecified atom stereocenters. The van der Waals surface area contributed by atoms with E-state index in [1.54, 1.807) is 23.1 Å². The van der Waals surface area contributed by atoms with E-state index in [2.05, 4.69) is 22.3 Å². The van der Waals surface area contributed by atoms with Gasteiger partial charge in [0.1, 0.15) is 17.3 Å². The minimum atomic E-state index is -0.391. The Hall–Kier alpha value is -2.28. The quantitative estimate of drug-likeness (QED) is 0.928. The minimum absolute atomic E-state index is 0.00743. The predicted molar refractivity (Wildman–Crippen MR) is 93.4 cm³/mol. The maximum Gasteiger partial charge on any atom is 0.293 e. The van der Waals surface area contributed by atoms with Gasteiger partial charge in [-0.25, -0.2) is 14.1 Å². The summed E-state index contributed by atoms with van der Waals surface area (Å²) in [4.78, 5) is 19.1. The van der Waals surface area contributed by atoms with Crippen molar-refractivity contribution in [3.05, 3.63) is 41.7 Å². The van der Waals surface area contributed by atoms with Crippen LogP contribution >= 0.6 is 0 Å². The zero-order chi connectivity index (χ0) is 18.1. The Morgan fingerprint density at radius 1 is 1.32 bits per heavy atom. The molecule has 1 aromatic heterocycles. The molecule has 2 heterocycles. The zero-order valence-electron chi connectivity index (χ0n) is 15.0. The lowest BCUT2D eigenvalue weighted by Gasteiger charge is -2.37. The molecule has 0 aliphatic carbocycles. The molecule has 2 atom stereocenters. The molecule has 7 heteroatoms. The van der Waals surface area contributed by atoms with Gasteiger partial charge in [-0.2, -0.15) is 0 Å². The molecule has 0 saturated carbocycles. The number of benzene rings is 1. The van der Waals surface area contributed by atoms with E-state index in [4.69, 9.17) is 0 Å². The second-order valence-corrected chi connectivity index (χ2v) is 6.79. The third-order valence-corrected chi connectivity index (χ3v) is 4.72. The lowest BCUT2D eigenvalue weighted by atomic mass is 10.1. The van der Waals surface area contributed by atoms with Crippen molar-refractivity contribution in [1.82, 2.24) is 25.0 Å². The third kappa shape index (κ3) is 3.28. The lowest BCUT2D eigenvalue weighted by Crippen LogP contribution is -2.57. The molecule has 0 radical (unpaired) electrons. The van der Waals surface area contributed by atoms with Crippen LogP contribution in [0, 0.1) is 5.82 Å². The molecule has 0 spiro atoms. The van der Waals surface area contributed by atoms with Crippen LogP contribution in [0.25, 0.3) is 5.69 Å². The average molecular weight is 345 g/mol. The van der Waals surface area contributed by atoms with Crippen LogP contribution in [-0.2, 0) is 0 Å². The summed E-state index contributed by atoms with van der Waals surface area (Å²) in [5.74, 6) is 0.0977. The molecule has 134 valence electrons. The van der Waals surface area contributed by atoms with Crippen LogP contribution in [0.1, 0.15) is 50.1 Å². The summed E-state index contributed by atoms with van der Waals surface area (Å²) < 4.78 is 15.7. The van der Waals surface area contributed by atoms with Crippen molar-refractivity contribution in [1.29, 1.82) is 0 Å². The highest BCUT2D eigenvalue weighted by molar-refractivity contribution is 5.90. The van der Waals surface area contributed by atoms with E-state index in [-0.39, 0.29) is 29.7 Å². The van der Waals surface area contributed by atoms with Gasteiger partial charge in [0.2, 0.25) is 5.82 Å². The number of nitrogens with one attached hydrogen (secondary N) is 1. The molecule has 3 rings (SSSR count). The first-order chi connectivity index (χ1) is 11.9. The van der Waals surface area contributed by atoms with E-state index in [9.17, 15) is 9.18 Å². The second kappa shape index (κ2) is 6.92. The van der Waals surface area contributed by atoms with Crippen molar-refractivity contribution < 1.29 is 9.18 Å². The number of aromatic nitrogens is 3. The Morgan fingerprint density at radius 3 is 2.72 bits per heavy atom. The topological polar surface area (TPSA) is 63.1 Å². The number of nitrogens with zero attached hydrogens (tertiary/aromatic N) is 4. The van der Waals surface area contributed by atoms with Crippen molar-refractivity contribution in [2.45, 2.75) is 45.7 Å². The molecule has 2 aromatic rings. The van der Waals surface area contributed by atoms with Gasteiger partial charge in [-0.05, 0) is 26.0 Å². The molecule has 25 heavy (non-hydrogen) atoms. The van der Waals surface area contributed by atoms with Crippen molar-refractivity contribution in [3.8, 4) is 5.69 Å². The van der Waals surface area contributed by atoms with Gasteiger partial charge in [0.05, 0.1) is 0 Å². The number of para-hydroxylation sites is 1. The van der Waals surface area contributed by atoms with Gasteiger partial charge in [0, 0.05) is 31.1 Å². The summed E-state index contributed by atoms with van der Waals surface area (Å²) in [5.41, 5.74) is 0.305. The van der Waals surface area contributed by atoms with Gasteiger partial charge in [0.25, 0.3) is 5.91 Å². The SMILES string of the molecule is CC(C)c1nc(C(=O)N2CCNC(C)C2C)nn1-c1ccccc1F. The van der Waals surface area contributed by atoms with Gasteiger partial charge in [-0.3, -0.25) is 4.79 Å². The fourth-order valence-electron chi connectivity index (χ4n) is 3.06. The van der Waals surface area contributed by atoms with Crippen LogP contribution in [0.15, 0.2) is 24.3 Å². The minimum Gasteiger partial charge on any atom is -0.330 e. The van der Waals surface area contributed by atoms with Crippen molar-refractivity contribution in [3.63, 3.8) is 0 Å². The summed E-state index contributed by atoms with van der Waals surface area (Å²) in [6, 6.07) is 6.63. The highest BCUT2D eigenvalue weighted by Crippen LogP contribution is 2.21. The van der Waals surface area contributed by atoms with Gasteiger partial charge >= 0.3 is 0 Å². The lowest BCUT2D eigenvalue weighted by molar-refractivity contribution is 0.0590. The summed E-state index contributed by atoms with van der Waals surface area (Å²) in [6.45, 7) is 9.30. The van der Waals surface area contributed by atoms with Gasteiger partial charge in [-0.15, -0.1) is 5.10 Å². The fourth-order valence-corrected chi connectivity index (χ4v) is 3.06. The molecule has 0 bridgehead atoms. The number of carbonyl (C=O) groups is 1. The van der Waals surface area contributed by atoms with Gasteiger partial charge in [-0.1, -0.05) is 26.0 Å². The first kappa shape index (κ1) is 17.5. The van der Waals surface area contributed by atoms with Crippen LogP contribution < -0.4 is 5.32 Å². The maximum absolute atomic E-state index is 14.2. The number of rotatable bonds is 3. The third-order valence-electron chi connectivity index (χ3n) is 4.72. The Morgan fingerprint density at radius 2 is 2.04 bits per heavy atom. The molecule has 1 aliphatic rings. The number of amides is 1. The first-order valence-corrected chi connectivity index (χ1v) is 8.66. The van der Waals surface area contributed by atoms with Crippen molar-refractivity contribution in [2.75, 3.05) is 13.1 Å². The number of carbonyl (C=O) groups excluding carboxylic acids is 1. The molecular formula is C18H24FN5O. The van der Waals surface area contributed by atoms with E-state index in [0.717, 1.165) is 6.54 Å². The van der Waals surface area contributed by atoms with Crippen LogP contribution in [0.3, 0.4) is 0 Å². The molecule has 1 aromatic carbocycles. The van der Waals surface area contributed by atoms with E-state index in [1.165, 1.54) is 10.7 Å². The zero-order valence-corrected chi connectivity index (χ0v) is 15.0. The van der Waals surface area contributed by atoms with Crippen molar-refractivity contribution >= 4 is 5.91 Å². The summed E-state index contributed by atoms with van der Waals surface area (Å²) >= 11 is 0. The standard InChI is InChI=1S/C18H24FN5O/c1-11(2)17-21-16(18(25)23-10-9-20-12(3)13(23)4)22-24(17)15-8-6-5-7-14(15)19/h5-8,11-13,20H,9-10H2,1-4H3. The van der Waals surface area contributed by atoms with Crippen LogP contribution in [0.4, 0.5) is 4.39 Å². The highest BCUT2D eigenvalue weighted by Gasteiger charge is 2.32. The highest BCUT2D eigenvalue weighted by atomic mass is 19.1. The van der Waals surface area contributed by atoms with Gasteiger partial charge in [0.15, 0.2) is 0 Å². The second-order valence-electron chi connectivity index (χ2n) is 6.79. The predicted octanol–water partition coefficient (Wildman–Crippen LogP) is 2.35. The van der Waals surface area contributed by atoms with E-state index < -0.39 is 5.82 Å². The summed E-state index contributed by atoms with van der Waals surface area (Å²) in [7, 11) is 0. The van der Waals surface area contributed by atoms with E-state index in [0.29, 0.717) is 18.1 Å². The molecule has 1 saturated heterocycles. The van der Waals surface area contributed by atoms with Gasteiger partial charge < -0.3 is 10.2 Å². The van der Waals surface area contributed by atoms with E-state index in [1.807, 2.05) is 20.8 Å². The summed E-state index contributed by atoms with van der Waals surface area (Å²) in [5, 5.41) is 7.70. The molecule has 1 aliphatic heterocycles. The van der Waals surface area contributed by atoms with Crippen LogP contribution in [0.5, 0.6) is 0 Å². The van der Waals surface area contributed by atoms with Crippen LogP contribution in [-0.4, -0.2) is 50.7 Å². The number of hydrogen-bond donors (Lipinski definition) is 1. The fraction of sp³-hybridized carbons (Fsp3) is 0.500. The molecule has 1 amide bonds. The number of piperazine rings is 1. The Bertz CT molecular complexity index is 773. The van der Waals surface area contributed by atoms with Crippen molar-refractivity contribution in [2.24, 2.45) is 0 Å². The molecule has 6 nitrogen and oxygen atoms in total. The van der Waals surface area contributed by atoms with Crippen LogP contribution in [0.2, 0.25) is 0 Å².